The van der Waals surface area contributed by atoms with Crippen molar-refractivity contribution in [2.45, 2.75) is 33.3 Å². The Hall–Kier alpha value is -2.49. The highest BCUT2D eigenvalue weighted by molar-refractivity contribution is 5.80. The molecule has 0 saturated carbocycles. The summed E-state index contributed by atoms with van der Waals surface area (Å²) in [6, 6.07) is 16.2. The first-order valence-corrected chi connectivity index (χ1v) is 8.75. The van der Waals surface area contributed by atoms with E-state index in [1.165, 1.54) is 5.69 Å². The number of hydrogen-bond donors (Lipinski definition) is 1. The molecule has 4 nitrogen and oxygen atoms in total. The average Bonchev–Trinajstić information content (AvgIpc) is 2.62. The Morgan fingerprint density at radius 1 is 1.16 bits per heavy atom. The summed E-state index contributed by atoms with van der Waals surface area (Å²) in [5.74, 6) is 0.690. The van der Waals surface area contributed by atoms with Crippen molar-refractivity contribution in [2.24, 2.45) is 0 Å². The van der Waals surface area contributed by atoms with Crippen LogP contribution in [0.4, 0.5) is 5.69 Å². The fourth-order valence-corrected chi connectivity index (χ4v) is 2.56. The quantitative estimate of drug-likeness (QED) is 0.745. The highest BCUT2D eigenvalue weighted by atomic mass is 16.5. The van der Waals surface area contributed by atoms with Crippen molar-refractivity contribution >= 4 is 11.6 Å². The number of hydrogen-bond acceptors (Lipinski definition) is 3. The zero-order chi connectivity index (χ0) is 18.2. The fraction of sp³-hybridized carbons (Fsp3) is 0.381. The van der Waals surface area contributed by atoms with E-state index in [0.717, 1.165) is 29.8 Å². The SMILES string of the molecule is Cc1ccc(C)c(O[C@@H](C)C(=O)NCCCN(C)c2ccccc2)c1. The van der Waals surface area contributed by atoms with Gasteiger partial charge in [-0.2, -0.15) is 0 Å². The topological polar surface area (TPSA) is 41.6 Å². The minimum absolute atomic E-state index is 0.0803. The van der Waals surface area contributed by atoms with Crippen molar-refractivity contribution in [3.05, 3.63) is 59.7 Å². The summed E-state index contributed by atoms with van der Waals surface area (Å²) in [4.78, 5) is 14.4. The lowest BCUT2D eigenvalue weighted by Gasteiger charge is -2.20. The molecule has 0 aromatic heterocycles. The van der Waals surface area contributed by atoms with Gasteiger partial charge in [0.2, 0.25) is 0 Å². The van der Waals surface area contributed by atoms with Crippen LogP contribution in [-0.4, -0.2) is 32.1 Å². The van der Waals surface area contributed by atoms with Gasteiger partial charge in [0.05, 0.1) is 0 Å². The van der Waals surface area contributed by atoms with Gasteiger partial charge in [-0.05, 0) is 56.5 Å². The van der Waals surface area contributed by atoms with Gasteiger partial charge in [0, 0.05) is 25.8 Å². The highest BCUT2D eigenvalue weighted by Crippen LogP contribution is 2.20. The highest BCUT2D eigenvalue weighted by Gasteiger charge is 2.15. The monoisotopic (exact) mass is 340 g/mol. The van der Waals surface area contributed by atoms with Crippen LogP contribution in [0.5, 0.6) is 5.75 Å². The van der Waals surface area contributed by atoms with Gasteiger partial charge in [0.15, 0.2) is 6.10 Å². The molecule has 0 aliphatic carbocycles. The number of rotatable bonds is 8. The Kier molecular flexibility index (Phi) is 6.87. The predicted octanol–water partition coefficient (Wildman–Crippen LogP) is 3.71. The normalized spacial score (nSPS) is 11.7. The van der Waals surface area contributed by atoms with Crippen molar-refractivity contribution in [3.8, 4) is 5.75 Å². The summed E-state index contributed by atoms with van der Waals surface area (Å²) in [6.45, 7) is 7.30. The largest absolute Gasteiger partial charge is 0.481 e. The van der Waals surface area contributed by atoms with Gasteiger partial charge in [-0.1, -0.05) is 30.3 Å². The first-order valence-electron chi connectivity index (χ1n) is 8.75. The van der Waals surface area contributed by atoms with Crippen LogP contribution in [-0.2, 0) is 4.79 Å². The molecule has 2 aromatic carbocycles. The molecule has 0 fully saturated rings. The first-order chi connectivity index (χ1) is 12.0. The van der Waals surface area contributed by atoms with E-state index in [9.17, 15) is 4.79 Å². The fourth-order valence-electron chi connectivity index (χ4n) is 2.56. The van der Waals surface area contributed by atoms with Crippen molar-refractivity contribution in [1.29, 1.82) is 0 Å². The van der Waals surface area contributed by atoms with Crippen LogP contribution in [0, 0.1) is 13.8 Å². The summed E-state index contributed by atoms with van der Waals surface area (Å²) in [7, 11) is 2.06. The Balaban J connectivity index is 1.73. The lowest BCUT2D eigenvalue weighted by atomic mass is 10.1. The molecule has 134 valence electrons. The van der Waals surface area contributed by atoms with E-state index >= 15 is 0 Å². The third-order valence-corrected chi connectivity index (χ3v) is 4.18. The van der Waals surface area contributed by atoms with E-state index in [4.69, 9.17) is 4.74 Å². The number of nitrogens with zero attached hydrogens (tertiary/aromatic N) is 1. The maximum atomic E-state index is 12.2. The zero-order valence-electron chi connectivity index (χ0n) is 15.6. The molecular weight excluding hydrogens is 312 g/mol. The molecule has 4 heteroatoms. The van der Waals surface area contributed by atoms with Crippen LogP contribution < -0.4 is 15.0 Å². The molecule has 0 aliphatic rings. The van der Waals surface area contributed by atoms with E-state index in [2.05, 4.69) is 29.4 Å². The van der Waals surface area contributed by atoms with Gasteiger partial charge < -0.3 is 15.0 Å². The number of carbonyl (C=O) groups excluding carboxylic acids is 1. The summed E-state index contributed by atoms with van der Waals surface area (Å²) in [5.41, 5.74) is 3.34. The Morgan fingerprint density at radius 3 is 2.60 bits per heavy atom. The van der Waals surface area contributed by atoms with E-state index in [0.29, 0.717) is 6.54 Å². The first kappa shape index (κ1) is 18.8. The van der Waals surface area contributed by atoms with E-state index in [1.54, 1.807) is 6.92 Å². The van der Waals surface area contributed by atoms with Crippen LogP contribution >= 0.6 is 0 Å². The molecule has 0 radical (unpaired) electrons. The second-order valence-corrected chi connectivity index (χ2v) is 6.43. The lowest BCUT2D eigenvalue weighted by molar-refractivity contribution is -0.127. The maximum Gasteiger partial charge on any atom is 0.260 e. The molecule has 0 aliphatic heterocycles. The van der Waals surface area contributed by atoms with Gasteiger partial charge in [0.25, 0.3) is 5.91 Å². The molecule has 25 heavy (non-hydrogen) atoms. The van der Waals surface area contributed by atoms with Gasteiger partial charge >= 0.3 is 0 Å². The number of carbonyl (C=O) groups is 1. The standard InChI is InChI=1S/C21H28N2O2/c1-16-11-12-17(2)20(15-16)25-18(3)21(24)22-13-8-14-23(4)19-9-6-5-7-10-19/h5-7,9-12,15,18H,8,13-14H2,1-4H3,(H,22,24)/t18-/m0/s1. The van der Waals surface area contributed by atoms with Crippen LogP contribution in [0.25, 0.3) is 0 Å². The van der Waals surface area contributed by atoms with Crippen molar-refractivity contribution in [2.75, 3.05) is 25.0 Å². The number of benzene rings is 2. The maximum absolute atomic E-state index is 12.2. The van der Waals surface area contributed by atoms with Crippen LogP contribution in [0.15, 0.2) is 48.5 Å². The summed E-state index contributed by atoms with van der Waals surface area (Å²) < 4.78 is 5.81. The van der Waals surface area contributed by atoms with Gasteiger partial charge in [-0.3, -0.25) is 4.79 Å². The van der Waals surface area contributed by atoms with Crippen LogP contribution in [0.1, 0.15) is 24.5 Å². The molecule has 0 saturated heterocycles. The molecular formula is C21H28N2O2. The van der Waals surface area contributed by atoms with E-state index < -0.39 is 6.10 Å². The van der Waals surface area contributed by atoms with Gasteiger partial charge in [0.1, 0.15) is 5.75 Å². The molecule has 0 spiro atoms. The molecule has 2 aromatic rings. The molecule has 0 bridgehead atoms. The molecule has 2 rings (SSSR count). The van der Waals surface area contributed by atoms with Crippen molar-refractivity contribution in [1.82, 2.24) is 5.32 Å². The number of para-hydroxylation sites is 1. The summed E-state index contributed by atoms with van der Waals surface area (Å²) >= 11 is 0. The lowest BCUT2D eigenvalue weighted by Crippen LogP contribution is -2.37. The average molecular weight is 340 g/mol. The number of nitrogens with one attached hydrogen (secondary N) is 1. The Labute approximate surface area is 150 Å². The molecule has 1 atom stereocenters. The summed E-state index contributed by atoms with van der Waals surface area (Å²) in [6.07, 6.45) is 0.375. The Bertz CT molecular complexity index is 686. The Morgan fingerprint density at radius 2 is 1.88 bits per heavy atom. The number of amides is 1. The van der Waals surface area contributed by atoms with Gasteiger partial charge in [-0.15, -0.1) is 0 Å². The zero-order valence-corrected chi connectivity index (χ0v) is 15.6. The number of aryl methyl sites for hydroxylation is 2. The minimum atomic E-state index is -0.507. The van der Waals surface area contributed by atoms with Crippen LogP contribution in [0.2, 0.25) is 0 Å². The van der Waals surface area contributed by atoms with E-state index in [1.807, 2.05) is 50.2 Å². The molecule has 1 N–H and O–H groups in total. The smallest absolute Gasteiger partial charge is 0.260 e. The third-order valence-electron chi connectivity index (χ3n) is 4.18. The molecule has 0 unspecified atom stereocenters. The van der Waals surface area contributed by atoms with Gasteiger partial charge in [-0.25, -0.2) is 0 Å². The second kappa shape index (κ2) is 9.11. The molecule has 0 heterocycles. The minimum Gasteiger partial charge on any atom is -0.481 e. The predicted molar refractivity (Wildman–Crippen MR) is 103 cm³/mol. The second-order valence-electron chi connectivity index (χ2n) is 6.43. The van der Waals surface area contributed by atoms with Crippen molar-refractivity contribution in [3.63, 3.8) is 0 Å². The van der Waals surface area contributed by atoms with Crippen LogP contribution in [0.3, 0.4) is 0 Å². The summed E-state index contributed by atoms with van der Waals surface area (Å²) in [5, 5.41) is 2.95. The number of ether oxygens (including phenoxy) is 1. The van der Waals surface area contributed by atoms with Crippen molar-refractivity contribution < 1.29 is 9.53 Å². The molecule has 1 amide bonds. The third kappa shape index (κ3) is 5.82. The van der Waals surface area contributed by atoms with E-state index in [-0.39, 0.29) is 5.91 Å². The number of anilines is 1.